The van der Waals surface area contributed by atoms with Crippen LogP contribution in [-0.2, 0) is 6.42 Å². The number of unbranched alkanes of at least 4 members (excludes halogenated alkanes) is 1. The second kappa shape index (κ2) is 18.4. The highest BCUT2D eigenvalue weighted by molar-refractivity contribution is 7.80. The Labute approximate surface area is 268 Å². The van der Waals surface area contributed by atoms with E-state index in [0.717, 1.165) is 37.9 Å². The van der Waals surface area contributed by atoms with Crippen molar-refractivity contribution in [2.24, 2.45) is 11.1 Å². The first-order valence-electron chi connectivity index (χ1n) is 16.5. The van der Waals surface area contributed by atoms with Gasteiger partial charge in [0.1, 0.15) is 0 Å². The predicted octanol–water partition coefficient (Wildman–Crippen LogP) is 10.6. The molecule has 0 amide bonds. The molecule has 0 saturated heterocycles. The number of fused-ring (bicyclic) bond motifs is 2. The topological polar surface area (TPSA) is 26.0 Å². The minimum Gasteiger partial charge on any atom is -0.333 e. The molecule has 4 rings (SSSR count). The molecule has 236 valence electrons. The van der Waals surface area contributed by atoms with Gasteiger partial charge in [-0.3, -0.25) is 0 Å². The van der Waals surface area contributed by atoms with Gasteiger partial charge in [-0.05, 0) is 121 Å². The molecule has 0 aromatic heterocycles. The quantitative estimate of drug-likeness (QED) is 0.152. The third-order valence-corrected chi connectivity index (χ3v) is 9.45. The van der Waals surface area contributed by atoms with Gasteiger partial charge in [0, 0.05) is 9.69 Å². The molecule has 2 aliphatic rings. The third kappa shape index (κ3) is 9.10. The van der Waals surface area contributed by atoms with Gasteiger partial charge in [-0.25, -0.2) is 0 Å². The molecule has 0 aliphatic heterocycles. The van der Waals surface area contributed by atoms with Gasteiger partial charge in [0.15, 0.2) is 0 Å². The zero-order valence-corrected chi connectivity index (χ0v) is 28.8. The van der Waals surface area contributed by atoms with Crippen LogP contribution in [0.5, 0.6) is 0 Å². The molecule has 1 atom stereocenters. The molecule has 2 aliphatic carbocycles. The van der Waals surface area contributed by atoms with Crippen molar-refractivity contribution in [2.75, 3.05) is 12.8 Å². The lowest BCUT2D eigenvalue weighted by molar-refractivity contribution is 0.572. The van der Waals surface area contributed by atoms with Gasteiger partial charge >= 0.3 is 0 Å². The minimum atomic E-state index is 0. The molecule has 0 heterocycles. The fourth-order valence-corrected chi connectivity index (χ4v) is 6.65. The van der Waals surface area contributed by atoms with Crippen LogP contribution in [-0.4, -0.2) is 12.8 Å². The third-order valence-electron chi connectivity index (χ3n) is 9.14. The Hall–Kier alpha value is -2.29. The number of allylic oxidation sites excluding steroid dienone is 5. The standard InChI is InChI=1S/C31H38.C8H16S.CH5N.3H2/c1-6-22(7-2)24-13-15-28-26(19-24)21-27-20-25(23(8-3)9-4)14-16-29(27)30(28)31(5)17-11-10-12-18-31;1-3-8(2)6-4-5-7-9;1-2;;;/h10-17,19-20,22H,6-9,18,21H2,1-5H3;9H,2-7H2,1H3;2H2,1H3;3*1H. The molecule has 0 fully saturated rings. The summed E-state index contributed by atoms with van der Waals surface area (Å²) in [6.07, 6.45) is 20.8. The Kier molecular flexibility index (Phi) is 15.7. The summed E-state index contributed by atoms with van der Waals surface area (Å²) in [5.74, 6) is 1.67. The second-order valence-corrected chi connectivity index (χ2v) is 12.3. The van der Waals surface area contributed by atoms with Crippen LogP contribution >= 0.6 is 12.6 Å². The summed E-state index contributed by atoms with van der Waals surface area (Å²) < 4.78 is 0. The number of hydrogen-bond acceptors (Lipinski definition) is 2. The molecule has 2 heteroatoms. The first-order chi connectivity index (χ1) is 20.3. The number of nitrogens with two attached hydrogens (primary N) is 1. The predicted molar refractivity (Wildman–Crippen MR) is 199 cm³/mol. The molecule has 1 nitrogen and oxygen atoms in total. The fourth-order valence-electron chi connectivity index (χ4n) is 6.42. The molecule has 0 saturated carbocycles. The van der Waals surface area contributed by atoms with Crippen LogP contribution in [0.4, 0.5) is 0 Å². The van der Waals surface area contributed by atoms with E-state index in [9.17, 15) is 0 Å². The Balaban J connectivity index is 0. The van der Waals surface area contributed by atoms with Crippen LogP contribution in [0.15, 0.2) is 72.9 Å². The normalized spacial score (nSPS) is 16.6. The summed E-state index contributed by atoms with van der Waals surface area (Å²) in [5, 5.41) is 2.90. The maximum Gasteiger partial charge on any atom is 0.0153 e. The molecule has 2 N–H and O–H groups in total. The smallest absolute Gasteiger partial charge is 0.0153 e. The summed E-state index contributed by atoms with van der Waals surface area (Å²) in [6.45, 7) is 17.7. The first kappa shape index (κ1) is 35.9. The zero-order valence-electron chi connectivity index (χ0n) is 27.9. The van der Waals surface area contributed by atoms with Gasteiger partial charge in [0.25, 0.3) is 0 Å². The molecule has 2 aromatic rings. The molecular weight excluding hydrogens is 527 g/mol. The van der Waals surface area contributed by atoms with E-state index in [1.54, 1.807) is 5.57 Å². The molecule has 1 unspecified atom stereocenters. The van der Waals surface area contributed by atoms with Gasteiger partial charge in [-0.1, -0.05) is 120 Å². The van der Waals surface area contributed by atoms with Crippen molar-refractivity contribution < 1.29 is 4.28 Å². The number of rotatable bonds is 11. The summed E-state index contributed by atoms with van der Waals surface area (Å²) in [6, 6.07) is 14.6. The Morgan fingerprint density at radius 2 is 1.64 bits per heavy atom. The van der Waals surface area contributed by atoms with Crippen molar-refractivity contribution in [2.45, 2.75) is 112 Å². The maximum absolute atomic E-state index is 4.50. The van der Waals surface area contributed by atoms with Gasteiger partial charge in [-0.15, -0.1) is 0 Å². The van der Waals surface area contributed by atoms with E-state index >= 15 is 0 Å². The molecule has 42 heavy (non-hydrogen) atoms. The average Bonchev–Trinajstić information content (AvgIpc) is 3.02. The summed E-state index contributed by atoms with van der Waals surface area (Å²) in [5.41, 5.74) is 15.0. The highest BCUT2D eigenvalue weighted by Gasteiger charge is 2.32. The lowest BCUT2D eigenvalue weighted by atomic mass is 9.69. The highest BCUT2D eigenvalue weighted by Crippen LogP contribution is 2.43. The van der Waals surface area contributed by atoms with Crippen molar-refractivity contribution in [3.63, 3.8) is 0 Å². The number of thiol groups is 1. The van der Waals surface area contributed by atoms with Crippen molar-refractivity contribution >= 4 is 23.8 Å². The van der Waals surface area contributed by atoms with Gasteiger partial charge in [-0.2, -0.15) is 12.6 Å². The molecule has 0 spiro atoms. The lowest BCUT2D eigenvalue weighted by Gasteiger charge is -2.34. The van der Waals surface area contributed by atoms with E-state index in [1.165, 1.54) is 83.0 Å². The number of hydrogen-bond donors (Lipinski definition) is 2. The average molecular weight is 592 g/mol. The van der Waals surface area contributed by atoms with Crippen molar-refractivity contribution in [1.29, 1.82) is 0 Å². The zero-order chi connectivity index (χ0) is 31.1. The molecule has 0 radical (unpaired) electrons. The largest absolute Gasteiger partial charge is 0.333 e. The van der Waals surface area contributed by atoms with Crippen LogP contribution in [0.1, 0.15) is 132 Å². The lowest BCUT2D eigenvalue weighted by Crippen LogP contribution is -2.31. The Morgan fingerprint density at radius 3 is 2.21 bits per heavy atom. The van der Waals surface area contributed by atoms with Crippen LogP contribution in [0.2, 0.25) is 0 Å². The van der Waals surface area contributed by atoms with Gasteiger partial charge in [0.05, 0.1) is 0 Å². The van der Waals surface area contributed by atoms with Crippen LogP contribution in [0, 0.1) is 5.41 Å². The molecule has 0 bridgehead atoms. The fraction of sp³-hybridized carbons (Fsp3) is 0.500. The summed E-state index contributed by atoms with van der Waals surface area (Å²) in [7, 11) is 1.50. The van der Waals surface area contributed by atoms with E-state index in [2.05, 4.69) is 127 Å². The first-order valence-corrected chi connectivity index (χ1v) is 17.2. The van der Waals surface area contributed by atoms with Crippen molar-refractivity contribution in [1.82, 2.24) is 0 Å². The van der Waals surface area contributed by atoms with E-state index in [4.69, 9.17) is 0 Å². The summed E-state index contributed by atoms with van der Waals surface area (Å²) >= 11 is 4.12. The summed E-state index contributed by atoms with van der Waals surface area (Å²) in [4.78, 5) is 0. The molecule has 2 aromatic carbocycles. The second-order valence-electron chi connectivity index (χ2n) is 11.9. The van der Waals surface area contributed by atoms with Crippen molar-refractivity contribution in [3.8, 4) is 0 Å². The maximum atomic E-state index is 4.50. The highest BCUT2D eigenvalue weighted by atomic mass is 32.1. The molecular formula is C40H65NS. The minimum absolute atomic E-state index is 0. The monoisotopic (exact) mass is 591 g/mol. The van der Waals surface area contributed by atoms with Crippen molar-refractivity contribution in [3.05, 3.63) is 106 Å². The van der Waals surface area contributed by atoms with Crippen LogP contribution in [0.25, 0.3) is 11.1 Å². The van der Waals surface area contributed by atoms with Gasteiger partial charge < -0.3 is 5.73 Å². The Bertz CT molecular complexity index is 1330. The van der Waals surface area contributed by atoms with E-state index in [0.29, 0.717) is 5.92 Å². The van der Waals surface area contributed by atoms with Gasteiger partial charge in [0.2, 0.25) is 0 Å². The Morgan fingerprint density at radius 1 is 0.929 bits per heavy atom. The van der Waals surface area contributed by atoms with E-state index in [-0.39, 0.29) is 9.69 Å². The van der Waals surface area contributed by atoms with E-state index < -0.39 is 0 Å². The van der Waals surface area contributed by atoms with Crippen LogP contribution in [0.3, 0.4) is 0 Å². The SMILES string of the molecule is C=C(CC)CCCCS.CCC(CC)=c1ccc2c(c1)Cc1cc(C(CC)CC)ccc1C=2C1(C)C=CC=CC1.CN.[HH].[HH].[HH]. The number of benzene rings is 2. The van der Waals surface area contributed by atoms with Crippen LogP contribution < -0.4 is 16.2 Å². The van der Waals surface area contributed by atoms with E-state index in [1.807, 2.05) is 0 Å².